The molecule has 0 atom stereocenters. The van der Waals surface area contributed by atoms with Gasteiger partial charge in [-0.15, -0.1) is 12.4 Å². The summed E-state index contributed by atoms with van der Waals surface area (Å²) in [6, 6.07) is 0.545. The molecule has 2 aliphatic heterocycles. The number of fused-ring (bicyclic) bond motifs is 1. The summed E-state index contributed by atoms with van der Waals surface area (Å²) in [6.07, 6.45) is 8.96. The lowest BCUT2D eigenvalue weighted by Gasteiger charge is -2.28. The Hall–Kier alpha value is -1.36. The second kappa shape index (κ2) is 6.63. The van der Waals surface area contributed by atoms with Gasteiger partial charge in [0.1, 0.15) is 11.6 Å². The molecule has 0 amide bonds. The molecule has 0 radical (unpaired) electrons. The van der Waals surface area contributed by atoms with Gasteiger partial charge in [0.2, 0.25) is 0 Å². The van der Waals surface area contributed by atoms with Gasteiger partial charge in [-0.1, -0.05) is 19.3 Å². The Labute approximate surface area is 144 Å². The minimum Gasteiger partial charge on any atom is -0.368 e. The van der Waals surface area contributed by atoms with Gasteiger partial charge < -0.3 is 9.88 Å². The van der Waals surface area contributed by atoms with Gasteiger partial charge in [0.25, 0.3) is 0 Å². The minimum absolute atomic E-state index is 0. The summed E-state index contributed by atoms with van der Waals surface area (Å²) in [5.74, 6) is 4.64. The van der Waals surface area contributed by atoms with Gasteiger partial charge in [-0.05, 0) is 39.5 Å². The van der Waals surface area contributed by atoms with E-state index in [2.05, 4.69) is 23.7 Å². The van der Waals surface area contributed by atoms with Crippen LogP contribution in [-0.2, 0) is 0 Å². The first-order valence-electron chi connectivity index (χ1n) is 8.78. The molecule has 4 rings (SSSR count). The van der Waals surface area contributed by atoms with Crippen LogP contribution >= 0.6 is 12.4 Å². The highest BCUT2D eigenvalue weighted by Gasteiger charge is 2.33. The Bertz CT molecular complexity index is 643. The van der Waals surface area contributed by atoms with E-state index in [-0.39, 0.29) is 12.4 Å². The van der Waals surface area contributed by atoms with Gasteiger partial charge in [-0.2, -0.15) is 0 Å². The normalized spacial score (nSPS) is 18.9. The number of anilines is 1. The maximum atomic E-state index is 4.93. The summed E-state index contributed by atoms with van der Waals surface area (Å²) in [5, 5.41) is 3.37. The fraction of sp³-hybridized carbons (Fsp3) is 0.706. The molecular formula is C17H26ClN5. The largest absolute Gasteiger partial charge is 0.368 e. The molecule has 0 bridgehead atoms. The van der Waals surface area contributed by atoms with Crippen molar-refractivity contribution >= 4 is 18.2 Å². The van der Waals surface area contributed by atoms with Crippen molar-refractivity contribution in [3.8, 4) is 11.5 Å². The maximum absolute atomic E-state index is 4.93. The van der Waals surface area contributed by atoms with Crippen LogP contribution in [0.1, 0.15) is 75.5 Å². The van der Waals surface area contributed by atoms with E-state index in [1.165, 1.54) is 44.9 Å². The van der Waals surface area contributed by atoms with Crippen LogP contribution in [0.25, 0.3) is 11.5 Å². The Balaban J connectivity index is 0.00000156. The highest BCUT2D eigenvalue weighted by molar-refractivity contribution is 5.85. The molecule has 126 valence electrons. The first-order valence-corrected chi connectivity index (χ1v) is 8.78. The highest BCUT2D eigenvalue weighted by Crippen LogP contribution is 2.42. The van der Waals surface area contributed by atoms with Gasteiger partial charge in [0.15, 0.2) is 17.3 Å². The summed E-state index contributed by atoms with van der Waals surface area (Å²) in [4.78, 5) is 14.6. The summed E-state index contributed by atoms with van der Waals surface area (Å²) >= 11 is 0. The van der Waals surface area contributed by atoms with E-state index < -0.39 is 0 Å². The van der Waals surface area contributed by atoms with Gasteiger partial charge >= 0.3 is 0 Å². The number of nitrogens with one attached hydrogen (secondary N) is 1. The molecule has 23 heavy (non-hydrogen) atoms. The van der Waals surface area contributed by atoms with Crippen molar-refractivity contribution in [1.29, 1.82) is 0 Å². The fourth-order valence-electron chi connectivity index (χ4n) is 3.69. The molecule has 6 heteroatoms. The summed E-state index contributed by atoms with van der Waals surface area (Å²) in [5.41, 5.74) is 0.972. The van der Waals surface area contributed by atoms with E-state index in [0.717, 1.165) is 35.5 Å². The second-order valence-electron chi connectivity index (χ2n) is 6.73. The third-order valence-electron chi connectivity index (χ3n) is 4.96. The third-order valence-corrected chi connectivity index (χ3v) is 4.96. The number of aryl methyl sites for hydroxylation is 1. The smallest absolute Gasteiger partial charge is 0.166 e. The van der Waals surface area contributed by atoms with Crippen molar-refractivity contribution in [2.24, 2.45) is 0 Å². The maximum Gasteiger partial charge on any atom is 0.166 e. The van der Waals surface area contributed by atoms with Crippen LogP contribution in [-0.4, -0.2) is 26.1 Å². The fourth-order valence-corrected chi connectivity index (χ4v) is 3.69. The number of hydrogen-bond acceptors (Lipinski definition) is 4. The lowest BCUT2D eigenvalue weighted by molar-refractivity contribution is 0.345. The summed E-state index contributed by atoms with van der Waals surface area (Å²) in [7, 11) is 0. The van der Waals surface area contributed by atoms with Gasteiger partial charge in [0.05, 0.1) is 0 Å². The van der Waals surface area contributed by atoms with Crippen molar-refractivity contribution in [2.45, 2.75) is 70.8 Å². The van der Waals surface area contributed by atoms with Crippen LogP contribution in [0.5, 0.6) is 0 Å². The van der Waals surface area contributed by atoms with Crippen LogP contribution in [0.3, 0.4) is 0 Å². The minimum atomic E-state index is 0. The van der Waals surface area contributed by atoms with Crippen LogP contribution < -0.4 is 5.32 Å². The Morgan fingerprint density at radius 2 is 1.78 bits per heavy atom. The average Bonchev–Trinajstić information content (AvgIpc) is 3.28. The van der Waals surface area contributed by atoms with Gasteiger partial charge in [-0.25, -0.2) is 15.0 Å². The molecule has 0 aromatic carbocycles. The molecule has 2 heterocycles. The van der Waals surface area contributed by atoms with Crippen molar-refractivity contribution in [2.75, 3.05) is 11.9 Å². The van der Waals surface area contributed by atoms with E-state index in [9.17, 15) is 0 Å². The van der Waals surface area contributed by atoms with Crippen molar-refractivity contribution in [3.63, 3.8) is 0 Å². The Morgan fingerprint density at radius 3 is 2.43 bits per heavy atom. The average molecular weight is 336 g/mol. The Kier molecular flexibility index (Phi) is 4.76. The molecule has 2 aliphatic carbocycles. The molecule has 1 N–H and O–H groups in total. The number of rotatable bonds is 4. The van der Waals surface area contributed by atoms with Crippen LogP contribution in [0.4, 0.5) is 5.82 Å². The molecule has 0 aromatic heterocycles. The summed E-state index contributed by atoms with van der Waals surface area (Å²) < 4.78 is 2.37. The first kappa shape index (κ1) is 16.5. The molecule has 0 spiro atoms. The lowest BCUT2D eigenvalue weighted by Crippen LogP contribution is -2.20. The van der Waals surface area contributed by atoms with Crippen molar-refractivity contribution < 1.29 is 0 Å². The molecule has 5 nitrogen and oxygen atoms in total. The molecule has 2 saturated carbocycles. The van der Waals surface area contributed by atoms with Crippen molar-refractivity contribution in [1.82, 2.24) is 19.5 Å². The SMILES string of the molecule is CCNc1nc(C)n(C2CCCCC2)c2nc(C3CC3)nc1-2.Cl. The van der Waals surface area contributed by atoms with E-state index >= 15 is 0 Å². The van der Waals surface area contributed by atoms with Crippen LogP contribution in [0, 0.1) is 6.92 Å². The Morgan fingerprint density at radius 1 is 1.04 bits per heavy atom. The zero-order valence-electron chi connectivity index (χ0n) is 14.0. The second-order valence-corrected chi connectivity index (χ2v) is 6.73. The lowest BCUT2D eigenvalue weighted by atomic mass is 9.95. The number of aromatic nitrogens is 4. The van der Waals surface area contributed by atoms with Gasteiger partial charge in [-0.3, -0.25) is 0 Å². The first-order chi connectivity index (χ1) is 10.8. The molecule has 0 saturated heterocycles. The summed E-state index contributed by atoms with van der Waals surface area (Å²) in [6.45, 7) is 5.07. The molecule has 0 aromatic rings. The van der Waals surface area contributed by atoms with Crippen molar-refractivity contribution in [3.05, 3.63) is 11.6 Å². The number of hydrogen-bond donors (Lipinski definition) is 1. The van der Waals surface area contributed by atoms with Gasteiger partial charge in [0, 0.05) is 18.5 Å². The molecular weight excluding hydrogens is 310 g/mol. The number of nitrogens with zero attached hydrogens (tertiary/aromatic N) is 4. The van der Waals surface area contributed by atoms with Crippen LogP contribution in [0.2, 0.25) is 0 Å². The van der Waals surface area contributed by atoms with E-state index in [1.807, 2.05) is 0 Å². The predicted molar refractivity (Wildman–Crippen MR) is 94.7 cm³/mol. The third kappa shape index (κ3) is 3.03. The topological polar surface area (TPSA) is 55.6 Å². The molecule has 2 fully saturated rings. The standard InChI is InChI=1S/C17H25N5.ClH/c1-3-18-16-14-17(21-15(20-14)12-9-10-12)22(11(2)19-16)13-7-5-4-6-8-13;/h12-13,18H,3-10H2,1-2H3;1H. The highest BCUT2D eigenvalue weighted by atomic mass is 35.5. The monoisotopic (exact) mass is 335 g/mol. The number of imidazole rings is 1. The molecule has 0 unspecified atom stereocenters. The zero-order chi connectivity index (χ0) is 15.1. The predicted octanol–water partition coefficient (Wildman–Crippen LogP) is 4.32. The van der Waals surface area contributed by atoms with E-state index in [4.69, 9.17) is 15.0 Å². The van der Waals surface area contributed by atoms with Crippen LogP contribution in [0.15, 0.2) is 0 Å². The van der Waals surface area contributed by atoms with E-state index in [1.54, 1.807) is 0 Å². The molecule has 4 aliphatic rings. The zero-order valence-corrected chi connectivity index (χ0v) is 14.8. The number of halogens is 1. The quantitative estimate of drug-likeness (QED) is 0.903. The van der Waals surface area contributed by atoms with E-state index in [0.29, 0.717) is 12.0 Å².